The van der Waals surface area contributed by atoms with Gasteiger partial charge in [-0.2, -0.15) is 5.26 Å². The van der Waals surface area contributed by atoms with Gasteiger partial charge in [-0.1, -0.05) is 6.07 Å². The standard InChI is InChI=1S/C20H20N2O4S/c1-13(2)26-19-7-6-17(27(3,24)25)9-18(19)20(23)22-11-15-5-4-14(10-21)8-16(15)12-22/h4-9,13H,11-12H2,1-3H3. The number of hydrogen-bond donors (Lipinski definition) is 0. The molecule has 1 aliphatic heterocycles. The number of carbonyl (C=O) groups is 1. The number of amides is 1. The lowest BCUT2D eigenvalue weighted by molar-refractivity contribution is 0.0745. The van der Waals surface area contributed by atoms with E-state index in [-0.39, 0.29) is 22.5 Å². The molecule has 0 fully saturated rings. The summed E-state index contributed by atoms with van der Waals surface area (Å²) >= 11 is 0. The van der Waals surface area contributed by atoms with Crippen molar-refractivity contribution in [2.24, 2.45) is 0 Å². The number of nitrogens with zero attached hydrogens (tertiary/aromatic N) is 2. The minimum atomic E-state index is -3.45. The van der Waals surface area contributed by atoms with Gasteiger partial charge in [0.25, 0.3) is 5.91 Å². The van der Waals surface area contributed by atoms with Gasteiger partial charge in [-0.3, -0.25) is 4.79 Å². The highest BCUT2D eigenvalue weighted by atomic mass is 32.2. The number of hydrogen-bond acceptors (Lipinski definition) is 5. The second-order valence-electron chi connectivity index (χ2n) is 6.85. The molecule has 0 spiro atoms. The van der Waals surface area contributed by atoms with Crippen LogP contribution in [0.1, 0.15) is 40.9 Å². The molecule has 140 valence electrons. The molecule has 0 aliphatic carbocycles. The van der Waals surface area contributed by atoms with Crippen LogP contribution in [-0.2, 0) is 22.9 Å². The van der Waals surface area contributed by atoms with Gasteiger partial charge in [0, 0.05) is 19.3 Å². The highest BCUT2D eigenvalue weighted by Crippen LogP contribution is 2.30. The van der Waals surface area contributed by atoms with Crippen LogP contribution in [0, 0.1) is 11.3 Å². The quantitative estimate of drug-likeness (QED) is 0.809. The Balaban J connectivity index is 1.97. The van der Waals surface area contributed by atoms with E-state index in [0.29, 0.717) is 24.4 Å². The van der Waals surface area contributed by atoms with Crippen LogP contribution in [0.15, 0.2) is 41.3 Å². The van der Waals surface area contributed by atoms with Crippen molar-refractivity contribution in [1.82, 2.24) is 4.90 Å². The molecule has 1 heterocycles. The molecule has 7 heteroatoms. The molecule has 0 atom stereocenters. The molecule has 0 saturated heterocycles. The van der Waals surface area contributed by atoms with E-state index in [0.717, 1.165) is 17.4 Å². The number of rotatable bonds is 4. The third-order valence-electron chi connectivity index (χ3n) is 4.32. The molecule has 3 rings (SSSR count). The second kappa shape index (κ2) is 7.05. The molecule has 2 aromatic rings. The molecule has 0 N–H and O–H groups in total. The van der Waals surface area contributed by atoms with Crippen LogP contribution in [0.4, 0.5) is 0 Å². The Labute approximate surface area is 158 Å². The number of ether oxygens (including phenoxy) is 1. The van der Waals surface area contributed by atoms with Crippen LogP contribution in [0.5, 0.6) is 5.75 Å². The van der Waals surface area contributed by atoms with E-state index in [9.17, 15) is 13.2 Å². The van der Waals surface area contributed by atoms with E-state index in [2.05, 4.69) is 6.07 Å². The summed E-state index contributed by atoms with van der Waals surface area (Å²) in [7, 11) is -3.45. The third kappa shape index (κ3) is 3.96. The predicted molar refractivity (Wildman–Crippen MR) is 100 cm³/mol. The number of sulfone groups is 1. The van der Waals surface area contributed by atoms with Gasteiger partial charge in [0.15, 0.2) is 9.84 Å². The van der Waals surface area contributed by atoms with E-state index in [1.807, 2.05) is 19.9 Å². The van der Waals surface area contributed by atoms with Crippen molar-refractivity contribution in [2.45, 2.75) is 37.9 Å². The molecule has 1 amide bonds. The predicted octanol–water partition coefficient (Wildman–Crippen LogP) is 2.90. The Bertz CT molecular complexity index is 1050. The third-order valence-corrected chi connectivity index (χ3v) is 5.43. The fraction of sp³-hybridized carbons (Fsp3) is 0.300. The average Bonchev–Trinajstić information content (AvgIpc) is 3.03. The molecule has 0 bridgehead atoms. The summed E-state index contributed by atoms with van der Waals surface area (Å²) in [6.45, 7) is 4.46. The van der Waals surface area contributed by atoms with Crippen molar-refractivity contribution >= 4 is 15.7 Å². The highest BCUT2D eigenvalue weighted by molar-refractivity contribution is 7.90. The van der Waals surface area contributed by atoms with Crippen LogP contribution in [0.3, 0.4) is 0 Å². The van der Waals surface area contributed by atoms with Crippen LogP contribution in [0.2, 0.25) is 0 Å². The average molecular weight is 384 g/mol. The van der Waals surface area contributed by atoms with E-state index in [1.54, 1.807) is 17.0 Å². The second-order valence-corrected chi connectivity index (χ2v) is 8.87. The lowest BCUT2D eigenvalue weighted by Gasteiger charge is -2.20. The first-order valence-corrected chi connectivity index (χ1v) is 10.4. The van der Waals surface area contributed by atoms with Crippen LogP contribution < -0.4 is 4.74 Å². The van der Waals surface area contributed by atoms with Gasteiger partial charge in [-0.05, 0) is 55.3 Å². The Kier molecular flexibility index (Phi) is 4.94. The maximum absolute atomic E-state index is 13.1. The zero-order valence-corrected chi connectivity index (χ0v) is 16.2. The fourth-order valence-electron chi connectivity index (χ4n) is 3.04. The van der Waals surface area contributed by atoms with Crippen molar-refractivity contribution in [1.29, 1.82) is 5.26 Å². The summed E-state index contributed by atoms with van der Waals surface area (Å²) in [5, 5.41) is 9.05. The normalized spacial score (nSPS) is 13.4. The fourth-order valence-corrected chi connectivity index (χ4v) is 3.69. The molecular weight excluding hydrogens is 364 g/mol. The monoisotopic (exact) mass is 384 g/mol. The van der Waals surface area contributed by atoms with Crippen molar-refractivity contribution in [3.63, 3.8) is 0 Å². The molecular formula is C20H20N2O4S. The number of nitriles is 1. The van der Waals surface area contributed by atoms with Gasteiger partial charge in [0.2, 0.25) is 0 Å². The van der Waals surface area contributed by atoms with Crippen molar-refractivity contribution in [3.05, 3.63) is 58.7 Å². The van der Waals surface area contributed by atoms with Gasteiger partial charge in [-0.25, -0.2) is 8.42 Å². The lowest BCUT2D eigenvalue weighted by atomic mass is 10.1. The van der Waals surface area contributed by atoms with Crippen LogP contribution in [0.25, 0.3) is 0 Å². The first-order valence-electron chi connectivity index (χ1n) is 8.51. The zero-order valence-electron chi connectivity index (χ0n) is 15.4. The van der Waals surface area contributed by atoms with Gasteiger partial charge in [0.1, 0.15) is 5.75 Å². The van der Waals surface area contributed by atoms with E-state index in [4.69, 9.17) is 10.00 Å². The highest BCUT2D eigenvalue weighted by Gasteiger charge is 2.28. The molecule has 2 aromatic carbocycles. The minimum Gasteiger partial charge on any atom is -0.490 e. The largest absolute Gasteiger partial charge is 0.490 e. The lowest BCUT2D eigenvalue weighted by Crippen LogP contribution is -2.26. The maximum Gasteiger partial charge on any atom is 0.258 e. The number of benzene rings is 2. The summed E-state index contributed by atoms with van der Waals surface area (Å²) < 4.78 is 29.6. The zero-order chi connectivity index (χ0) is 19.8. The van der Waals surface area contributed by atoms with Gasteiger partial charge in [0.05, 0.1) is 28.2 Å². The maximum atomic E-state index is 13.1. The Morgan fingerprint density at radius 3 is 2.48 bits per heavy atom. The van der Waals surface area contributed by atoms with Gasteiger partial charge >= 0.3 is 0 Å². The van der Waals surface area contributed by atoms with Crippen molar-refractivity contribution < 1.29 is 17.9 Å². The van der Waals surface area contributed by atoms with E-state index in [1.165, 1.54) is 18.2 Å². The molecule has 1 aliphatic rings. The topological polar surface area (TPSA) is 87.5 Å². The van der Waals surface area contributed by atoms with Crippen molar-refractivity contribution in [3.8, 4) is 11.8 Å². The van der Waals surface area contributed by atoms with E-state index >= 15 is 0 Å². The van der Waals surface area contributed by atoms with E-state index < -0.39 is 9.84 Å². The minimum absolute atomic E-state index is 0.0745. The molecule has 0 aromatic heterocycles. The van der Waals surface area contributed by atoms with Gasteiger partial charge in [-0.15, -0.1) is 0 Å². The molecule has 6 nitrogen and oxygen atoms in total. The Morgan fingerprint density at radius 2 is 1.85 bits per heavy atom. The van der Waals surface area contributed by atoms with Crippen molar-refractivity contribution in [2.75, 3.05) is 6.26 Å². The SMILES string of the molecule is CC(C)Oc1ccc(S(C)(=O)=O)cc1C(=O)N1Cc2ccc(C#N)cc2C1. The summed E-state index contributed by atoms with van der Waals surface area (Å²) in [5.74, 6) is 0.0573. The molecule has 27 heavy (non-hydrogen) atoms. The van der Waals surface area contributed by atoms with Gasteiger partial charge < -0.3 is 9.64 Å². The Hall–Kier alpha value is -2.85. The Morgan fingerprint density at radius 1 is 1.15 bits per heavy atom. The first kappa shape index (κ1) is 18.9. The van der Waals surface area contributed by atoms with Crippen LogP contribution >= 0.6 is 0 Å². The molecule has 0 saturated carbocycles. The van der Waals surface area contributed by atoms with Crippen LogP contribution in [-0.4, -0.2) is 31.6 Å². The summed E-state index contributed by atoms with van der Waals surface area (Å²) in [6, 6.07) is 11.8. The number of fused-ring (bicyclic) bond motifs is 1. The number of carbonyl (C=O) groups excluding carboxylic acids is 1. The molecule has 0 unspecified atom stereocenters. The summed E-state index contributed by atoms with van der Waals surface area (Å²) in [5.41, 5.74) is 2.67. The summed E-state index contributed by atoms with van der Waals surface area (Å²) in [4.78, 5) is 14.8. The summed E-state index contributed by atoms with van der Waals surface area (Å²) in [6.07, 6.45) is 0.948. The molecule has 0 radical (unpaired) electrons. The smallest absolute Gasteiger partial charge is 0.258 e. The first-order chi connectivity index (χ1) is 12.7.